The molecule has 0 heterocycles. The van der Waals surface area contributed by atoms with Crippen molar-refractivity contribution in [2.24, 2.45) is 0 Å². The largest absolute Gasteiger partial charge is 0.322 e. The molecule has 0 radical (unpaired) electrons. The zero-order chi connectivity index (χ0) is 19.1. The number of anilines is 2. The highest BCUT2D eigenvalue weighted by Crippen LogP contribution is 2.17. The van der Waals surface area contributed by atoms with E-state index in [9.17, 15) is 14.4 Å². The van der Waals surface area contributed by atoms with Crippen LogP contribution >= 0.6 is 0 Å². The second-order valence-corrected chi connectivity index (χ2v) is 5.73. The van der Waals surface area contributed by atoms with Gasteiger partial charge in [0.1, 0.15) is 5.70 Å². The van der Waals surface area contributed by atoms with Crippen LogP contribution in [0.25, 0.3) is 6.08 Å². The van der Waals surface area contributed by atoms with Crippen LogP contribution in [0.3, 0.4) is 0 Å². The van der Waals surface area contributed by atoms with Crippen molar-refractivity contribution >= 4 is 35.2 Å². The van der Waals surface area contributed by atoms with Gasteiger partial charge in [-0.05, 0) is 35.9 Å². The molecule has 0 aliphatic heterocycles. The molecular weight excluding hydrogens is 330 g/mol. The zero-order valence-corrected chi connectivity index (χ0v) is 14.9. The number of hydrogen-bond donors (Lipinski definition) is 2. The monoisotopic (exact) mass is 351 g/mol. The topological polar surface area (TPSA) is 78.5 Å². The summed E-state index contributed by atoms with van der Waals surface area (Å²) in [6, 6.07) is 16.1. The van der Waals surface area contributed by atoms with E-state index in [1.54, 1.807) is 37.4 Å². The maximum absolute atomic E-state index is 12.5. The Morgan fingerprint density at radius 2 is 1.54 bits per heavy atom. The number of amides is 3. The summed E-state index contributed by atoms with van der Waals surface area (Å²) < 4.78 is 0. The van der Waals surface area contributed by atoms with Gasteiger partial charge >= 0.3 is 0 Å². The van der Waals surface area contributed by atoms with Crippen LogP contribution in [-0.4, -0.2) is 24.8 Å². The van der Waals surface area contributed by atoms with E-state index < -0.39 is 5.91 Å². The normalized spacial score (nSPS) is 10.8. The Hall–Kier alpha value is -3.41. The molecule has 0 bridgehead atoms. The molecule has 26 heavy (non-hydrogen) atoms. The number of nitrogens with zero attached hydrogens (tertiary/aromatic N) is 1. The van der Waals surface area contributed by atoms with E-state index in [2.05, 4.69) is 10.6 Å². The van der Waals surface area contributed by atoms with E-state index in [0.717, 1.165) is 11.3 Å². The van der Waals surface area contributed by atoms with Gasteiger partial charge < -0.3 is 15.5 Å². The summed E-state index contributed by atoms with van der Waals surface area (Å²) in [4.78, 5) is 36.8. The summed E-state index contributed by atoms with van der Waals surface area (Å²) in [6.45, 7) is 2.82. The molecule has 0 unspecified atom stereocenters. The van der Waals surface area contributed by atoms with Gasteiger partial charge in [-0.25, -0.2) is 0 Å². The van der Waals surface area contributed by atoms with Crippen LogP contribution in [0.2, 0.25) is 0 Å². The molecule has 0 aliphatic carbocycles. The molecule has 6 heteroatoms. The highest BCUT2D eigenvalue weighted by molar-refractivity contribution is 6.08. The predicted octanol–water partition coefficient (Wildman–Crippen LogP) is 2.79. The second kappa shape index (κ2) is 8.62. The molecule has 2 aromatic carbocycles. The first-order valence-corrected chi connectivity index (χ1v) is 8.07. The molecule has 0 fully saturated rings. The molecule has 6 nitrogen and oxygen atoms in total. The van der Waals surface area contributed by atoms with Crippen LogP contribution < -0.4 is 15.5 Å². The first-order chi connectivity index (χ1) is 12.4. The first kappa shape index (κ1) is 18.9. The fraction of sp³-hybridized carbons (Fsp3) is 0.150. The van der Waals surface area contributed by atoms with Gasteiger partial charge in [0.25, 0.3) is 5.91 Å². The minimum absolute atomic E-state index is 0.0828. The van der Waals surface area contributed by atoms with Crippen molar-refractivity contribution in [1.82, 2.24) is 5.32 Å². The van der Waals surface area contributed by atoms with Crippen LogP contribution in [0, 0.1) is 0 Å². The van der Waals surface area contributed by atoms with Crippen molar-refractivity contribution in [3.05, 3.63) is 65.9 Å². The highest BCUT2D eigenvalue weighted by Gasteiger charge is 2.12. The second-order valence-electron chi connectivity index (χ2n) is 5.73. The molecule has 0 atom stereocenters. The highest BCUT2D eigenvalue weighted by atomic mass is 16.2. The molecule has 0 spiro atoms. The van der Waals surface area contributed by atoms with E-state index in [1.807, 2.05) is 30.3 Å². The summed E-state index contributed by atoms with van der Waals surface area (Å²) in [5, 5.41) is 5.29. The number of nitrogens with one attached hydrogen (secondary N) is 2. The summed E-state index contributed by atoms with van der Waals surface area (Å²) in [5.41, 5.74) is 2.22. The SMILES string of the molecule is CC(=O)NC(=Cc1ccccc1)C(=O)Nc1ccc(N(C)C(C)=O)cc1. The number of carbonyl (C=O) groups is 3. The van der Waals surface area contributed by atoms with E-state index in [1.165, 1.54) is 18.7 Å². The maximum Gasteiger partial charge on any atom is 0.272 e. The van der Waals surface area contributed by atoms with E-state index >= 15 is 0 Å². The third kappa shape index (κ3) is 5.31. The van der Waals surface area contributed by atoms with Crippen molar-refractivity contribution in [3.63, 3.8) is 0 Å². The van der Waals surface area contributed by atoms with E-state index in [4.69, 9.17) is 0 Å². The van der Waals surface area contributed by atoms with Crippen LogP contribution in [0.4, 0.5) is 11.4 Å². The lowest BCUT2D eigenvalue weighted by Gasteiger charge is -2.15. The fourth-order valence-electron chi connectivity index (χ4n) is 2.21. The molecule has 0 saturated carbocycles. The average Bonchev–Trinajstić information content (AvgIpc) is 2.61. The predicted molar refractivity (Wildman–Crippen MR) is 102 cm³/mol. The molecule has 134 valence electrons. The Bertz CT molecular complexity index is 827. The molecule has 0 aromatic heterocycles. The lowest BCUT2D eigenvalue weighted by atomic mass is 10.2. The van der Waals surface area contributed by atoms with Gasteiger partial charge in [0.15, 0.2) is 0 Å². The van der Waals surface area contributed by atoms with Gasteiger partial charge in [-0.1, -0.05) is 30.3 Å². The first-order valence-electron chi connectivity index (χ1n) is 8.07. The van der Waals surface area contributed by atoms with Crippen LogP contribution in [0.1, 0.15) is 19.4 Å². The number of hydrogen-bond acceptors (Lipinski definition) is 3. The third-order valence-electron chi connectivity index (χ3n) is 3.65. The molecule has 0 saturated heterocycles. The van der Waals surface area contributed by atoms with Crippen molar-refractivity contribution in [1.29, 1.82) is 0 Å². The Morgan fingerprint density at radius 3 is 2.08 bits per heavy atom. The summed E-state index contributed by atoms with van der Waals surface area (Å²) in [7, 11) is 1.67. The van der Waals surface area contributed by atoms with Gasteiger partial charge in [-0.3, -0.25) is 14.4 Å². The minimum Gasteiger partial charge on any atom is -0.322 e. The van der Waals surface area contributed by atoms with Gasteiger partial charge in [0.2, 0.25) is 11.8 Å². The number of rotatable bonds is 5. The Kier molecular flexibility index (Phi) is 6.27. The Morgan fingerprint density at radius 1 is 0.923 bits per heavy atom. The fourth-order valence-corrected chi connectivity index (χ4v) is 2.21. The molecule has 0 aliphatic rings. The molecule has 2 N–H and O–H groups in total. The molecule has 3 amide bonds. The van der Waals surface area contributed by atoms with Gasteiger partial charge in [0, 0.05) is 32.3 Å². The van der Waals surface area contributed by atoms with Crippen LogP contribution in [0.5, 0.6) is 0 Å². The third-order valence-corrected chi connectivity index (χ3v) is 3.65. The number of benzene rings is 2. The van der Waals surface area contributed by atoms with Crippen LogP contribution in [0.15, 0.2) is 60.3 Å². The molecular formula is C20H21N3O3. The van der Waals surface area contributed by atoms with Crippen LogP contribution in [-0.2, 0) is 14.4 Å². The number of carbonyl (C=O) groups excluding carboxylic acids is 3. The van der Waals surface area contributed by atoms with Crippen molar-refractivity contribution in [3.8, 4) is 0 Å². The summed E-state index contributed by atoms with van der Waals surface area (Å²) >= 11 is 0. The van der Waals surface area contributed by atoms with Crippen molar-refractivity contribution in [2.45, 2.75) is 13.8 Å². The van der Waals surface area contributed by atoms with E-state index in [-0.39, 0.29) is 17.5 Å². The Labute approximate surface area is 152 Å². The quantitative estimate of drug-likeness (QED) is 0.813. The molecule has 2 rings (SSSR count). The van der Waals surface area contributed by atoms with Gasteiger partial charge in [0.05, 0.1) is 0 Å². The maximum atomic E-state index is 12.5. The van der Waals surface area contributed by atoms with Gasteiger partial charge in [-0.15, -0.1) is 0 Å². The van der Waals surface area contributed by atoms with E-state index in [0.29, 0.717) is 5.69 Å². The standard InChI is InChI=1S/C20H21N3O3/c1-14(24)21-19(13-16-7-5-4-6-8-16)20(26)22-17-9-11-18(12-10-17)23(3)15(2)25/h4-13H,1-3H3,(H,21,24)(H,22,26). The van der Waals surface area contributed by atoms with Gasteiger partial charge in [-0.2, -0.15) is 0 Å². The van der Waals surface area contributed by atoms with Crippen molar-refractivity contribution < 1.29 is 14.4 Å². The van der Waals surface area contributed by atoms with Crippen molar-refractivity contribution in [2.75, 3.05) is 17.3 Å². The smallest absolute Gasteiger partial charge is 0.272 e. The summed E-state index contributed by atoms with van der Waals surface area (Å²) in [6.07, 6.45) is 1.61. The summed E-state index contributed by atoms with van der Waals surface area (Å²) in [5.74, 6) is -0.849. The molecule has 2 aromatic rings. The Balaban J connectivity index is 2.17. The lowest BCUT2D eigenvalue weighted by molar-refractivity contribution is -0.120. The lowest BCUT2D eigenvalue weighted by Crippen LogP contribution is -2.29. The average molecular weight is 351 g/mol. The minimum atomic E-state index is -0.434. The zero-order valence-electron chi connectivity index (χ0n) is 14.9.